The average molecular weight is 346 g/mol. The fraction of sp³-hybridized carbons (Fsp3) is 0.500. The van der Waals surface area contributed by atoms with Crippen molar-refractivity contribution in [3.05, 3.63) is 29.2 Å². The summed E-state index contributed by atoms with van der Waals surface area (Å²) in [5, 5.41) is 6.26. The third-order valence-corrected chi connectivity index (χ3v) is 3.34. The van der Waals surface area contributed by atoms with E-state index < -0.39 is 23.2 Å². The number of hydrogen-bond acceptors (Lipinski definition) is 4. The summed E-state index contributed by atoms with van der Waals surface area (Å²) in [5.41, 5.74) is -1.38. The van der Waals surface area contributed by atoms with E-state index in [0.717, 1.165) is 6.07 Å². The van der Waals surface area contributed by atoms with Gasteiger partial charge in [0.2, 0.25) is 0 Å². The number of hydrogen-bond donors (Lipinski definition) is 2. The van der Waals surface area contributed by atoms with Gasteiger partial charge in [0.05, 0.1) is 5.69 Å². The van der Waals surface area contributed by atoms with E-state index in [1.807, 2.05) is 0 Å². The van der Waals surface area contributed by atoms with Crippen molar-refractivity contribution in [1.82, 2.24) is 19.9 Å². The molecule has 0 aromatic carbocycles. The molecule has 2 heterocycles. The van der Waals surface area contributed by atoms with E-state index in [-0.39, 0.29) is 17.0 Å². The molecule has 0 saturated carbocycles. The van der Waals surface area contributed by atoms with Crippen LogP contribution >= 0.6 is 12.6 Å². The Hall–Kier alpha value is -1.77. The lowest BCUT2D eigenvalue weighted by atomic mass is 9.91. The number of alkyl halides is 3. The number of nitrogens with one attached hydrogen (secondary N) is 1. The van der Waals surface area contributed by atoms with Crippen molar-refractivity contribution in [3.63, 3.8) is 0 Å². The number of amides is 1. The first-order chi connectivity index (χ1) is 10.5. The minimum absolute atomic E-state index is 0.0132. The second-order valence-electron chi connectivity index (χ2n) is 6.05. The van der Waals surface area contributed by atoms with Gasteiger partial charge in [0.1, 0.15) is 5.69 Å². The molecule has 0 radical (unpaired) electrons. The monoisotopic (exact) mass is 346 g/mol. The van der Waals surface area contributed by atoms with Gasteiger partial charge in [0.25, 0.3) is 5.91 Å². The second-order valence-corrected chi connectivity index (χ2v) is 6.50. The lowest BCUT2D eigenvalue weighted by Gasteiger charge is -2.19. The van der Waals surface area contributed by atoms with Gasteiger partial charge >= 0.3 is 6.18 Å². The molecule has 0 aliphatic heterocycles. The van der Waals surface area contributed by atoms with Gasteiger partial charge in [-0.05, 0) is 6.07 Å². The Bertz CT molecular complexity index is 734. The molecule has 2 rings (SSSR count). The number of nitrogens with zero attached hydrogens (tertiary/aromatic N) is 3. The van der Waals surface area contributed by atoms with E-state index in [1.165, 1.54) is 6.07 Å². The lowest BCUT2D eigenvalue weighted by molar-refractivity contribution is -0.142. The Kier molecular flexibility index (Phi) is 4.61. The predicted octanol–water partition coefficient (Wildman–Crippen LogP) is 2.71. The smallest absolute Gasteiger partial charge is 0.350 e. The molecule has 126 valence electrons. The summed E-state index contributed by atoms with van der Waals surface area (Å²) < 4.78 is 40.6. The van der Waals surface area contributed by atoms with Gasteiger partial charge in [0.15, 0.2) is 11.3 Å². The second kappa shape index (κ2) is 6.03. The molecule has 2 aromatic rings. The van der Waals surface area contributed by atoms with E-state index in [4.69, 9.17) is 0 Å². The summed E-state index contributed by atoms with van der Waals surface area (Å²) in [6.07, 6.45) is -4.61. The van der Waals surface area contributed by atoms with E-state index in [1.54, 1.807) is 20.8 Å². The number of aromatic nitrogens is 3. The molecule has 0 saturated heterocycles. The molecular weight excluding hydrogens is 329 g/mol. The zero-order valence-corrected chi connectivity index (χ0v) is 13.8. The van der Waals surface area contributed by atoms with Crippen molar-refractivity contribution in [2.75, 3.05) is 12.3 Å². The van der Waals surface area contributed by atoms with Gasteiger partial charge in [0, 0.05) is 23.8 Å². The van der Waals surface area contributed by atoms with Gasteiger partial charge in [-0.15, -0.1) is 0 Å². The topological polar surface area (TPSA) is 59.3 Å². The van der Waals surface area contributed by atoms with Crippen molar-refractivity contribution in [1.29, 1.82) is 0 Å². The molecule has 9 heteroatoms. The zero-order valence-electron chi connectivity index (χ0n) is 12.9. The summed E-state index contributed by atoms with van der Waals surface area (Å²) in [4.78, 5) is 16.1. The highest BCUT2D eigenvalue weighted by atomic mass is 32.1. The molecule has 1 N–H and O–H groups in total. The van der Waals surface area contributed by atoms with E-state index in [9.17, 15) is 18.0 Å². The number of carbonyl (C=O) groups excluding carboxylic acids is 1. The fourth-order valence-corrected chi connectivity index (χ4v) is 2.04. The molecule has 0 fully saturated rings. The first-order valence-electron chi connectivity index (χ1n) is 6.91. The minimum Gasteiger partial charge on any atom is -0.350 e. The van der Waals surface area contributed by atoms with Crippen molar-refractivity contribution in [2.45, 2.75) is 32.4 Å². The van der Waals surface area contributed by atoms with Crippen LogP contribution in [0.15, 0.2) is 12.1 Å². The van der Waals surface area contributed by atoms with E-state index in [2.05, 4.69) is 28.0 Å². The Labute approximate surface area is 136 Å². The number of fused-ring (bicyclic) bond motifs is 1. The number of carbonyl (C=O) groups is 1. The quantitative estimate of drug-likeness (QED) is 0.840. The van der Waals surface area contributed by atoms with Gasteiger partial charge in [-0.3, -0.25) is 4.79 Å². The SMILES string of the molecule is CC(C)(C)c1cc(C(F)(F)F)n2nc(C(=O)NCCS)cc2n1. The zero-order chi connectivity index (χ0) is 17.4. The predicted molar refractivity (Wildman–Crippen MR) is 82.9 cm³/mol. The summed E-state index contributed by atoms with van der Waals surface area (Å²) >= 11 is 3.96. The van der Waals surface area contributed by atoms with Crippen molar-refractivity contribution in [2.24, 2.45) is 0 Å². The van der Waals surface area contributed by atoms with Crippen molar-refractivity contribution in [3.8, 4) is 0 Å². The minimum atomic E-state index is -4.61. The molecule has 0 aliphatic rings. The van der Waals surface area contributed by atoms with E-state index >= 15 is 0 Å². The third kappa shape index (κ3) is 3.77. The first-order valence-corrected chi connectivity index (χ1v) is 7.55. The van der Waals surface area contributed by atoms with Gasteiger partial charge in [-0.25, -0.2) is 9.50 Å². The number of halogens is 3. The molecule has 1 amide bonds. The van der Waals surface area contributed by atoms with Crippen LogP contribution in [0.5, 0.6) is 0 Å². The Morgan fingerprint density at radius 3 is 2.48 bits per heavy atom. The van der Waals surface area contributed by atoms with Crippen LogP contribution in [0.1, 0.15) is 42.6 Å². The van der Waals surface area contributed by atoms with E-state index in [0.29, 0.717) is 16.8 Å². The summed E-state index contributed by atoms with van der Waals surface area (Å²) in [5.74, 6) is -0.144. The van der Waals surface area contributed by atoms with Crippen LogP contribution in [0, 0.1) is 0 Å². The molecule has 0 atom stereocenters. The van der Waals surface area contributed by atoms with Crippen LogP contribution in [-0.2, 0) is 11.6 Å². The highest BCUT2D eigenvalue weighted by molar-refractivity contribution is 7.80. The normalized spacial score (nSPS) is 12.7. The molecule has 0 bridgehead atoms. The number of thiol groups is 1. The van der Waals surface area contributed by atoms with Crippen LogP contribution in [0.2, 0.25) is 0 Å². The average Bonchev–Trinajstić information content (AvgIpc) is 2.85. The maximum atomic E-state index is 13.3. The van der Waals surface area contributed by atoms with Crippen LogP contribution in [0.25, 0.3) is 5.65 Å². The summed E-state index contributed by atoms with van der Waals surface area (Å²) in [6.45, 7) is 5.59. The fourth-order valence-electron chi connectivity index (χ4n) is 1.93. The van der Waals surface area contributed by atoms with Gasteiger partial charge in [-0.1, -0.05) is 20.8 Å². The first kappa shape index (κ1) is 17.6. The molecule has 23 heavy (non-hydrogen) atoms. The van der Waals surface area contributed by atoms with Crippen LogP contribution in [0.4, 0.5) is 13.2 Å². The van der Waals surface area contributed by atoms with Gasteiger partial charge < -0.3 is 5.32 Å². The van der Waals surface area contributed by atoms with Crippen molar-refractivity contribution < 1.29 is 18.0 Å². The largest absolute Gasteiger partial charge is 0.433 e. The van der Waals surface area contributed by atoms with Crippen molar-refractivity contribution >= 4 is 24.2 Å². The van der Waals surface area contributed by atoms with Crippen LogP contribution < -0.4 is 5.32 Å². The Morgan fingerprint density at radius 1 is 1.30 bits per heavy atom. The maximum absolute atomic E-state index is 13.3. The van der Waals surface area contributed by atoms with Crippen LogP contribution in [-0.4, -0.2) is 32.8 Å². The lowest BCUT2D eigenvalue weighted by Crippen LogP contribution is -2.25. The molecule has 5 nitrogen and oxygen atoms in total. The standard InChI is InChI=1S/C14H17F3N4OS/c1-13(2,3)9-7-10(14(15,16)17)21-11(19-9)6-8(20-21)12(22)18-4-5-23/h6-7,23H,4-5H2,1-3H3,(H,18,22). The van der Waals surface area contributed by atoms with Gasteiger partial charge in [-0.2, -0.15) is 30.9 Å². The Morgan fingerprint density at radius 2 is 1.96 bits per heavy atom. The third-order valence-electron chi connectivity index (χ3n) is 3.12. The summed E-state index contributed by atoms with van der Waals surface area (Å²) in [6, 6.07) is 2.22. The Balaban J connectivity index is 2.61. The molecule has 0 unspecified atom stereocenters. The summed E-state index contributed by atoms with van der Waals surface area (Å²) in [7, 11) is 0. The maximum Gasteiger partial charge on any atom is 0.433 e. The molecular formula is C14H17F3N4OS. The molecule has 0 spiro atoms. The van der Waals surface area contributed by atoms with Crippen LogP contribution in [0.3, 0.4) is 0 Å². The highest BCUT2D eigenvalue weighted by Gasteiger charge is 2.36. The molecule has 0 aliphatic carbocycles. The highest BCUT2D eigenvalue weighted by Crippen LogP contribution is 2.32. The molecule has 2 aromatic heterocycles. The number of rotatable bonds is 3.